The number of nitrogens with zero attached hydrogens (tertiary/aromatic N) is 1. The Hall–Kier alpha value is -4.37. The summed E-state index contributed by atoms with van der Waals surface area (Å²) in [7, 11) is 0. The quantitative estimate of drug-likeness (QED) is 0.294. The summed E-state index contributed by atoms with van der Waals surface area (Å²) in [5.74, 6) is 0.781. The van der Waals surface area contributed by atoms with Crippen molar-refractivity contribution in [2.75, 3.05) is 11.5 Å². The highest BCUT2D eigenvalue weighted by atomic mass is 16.5. The molecule has 34 heavy (non-hydrogen) atoms. The van der Waals surface area contributed by atoms with Crippen LogP contribution in [0.2, 0.25) is 0 Å². The first-order valence-corrected chi connectivity index (χ1v) is 11.4. The van der Waals surface area contributed by atoms with Gasteiger partial charge in [0.15, 0.2) is 0 Å². The SMILES string of the molecule is CCOc1ccc(/C=C2\C=C(c3ccccc3)N(c3ccc(-c4ccccc4)cc3)C2=O)cc1. The van der Waals surface area contributed by atoms with Gasteiger partial charge < -0.3 is 4.74 Å². The Morgan fingerprint density at radius 2 is 1.29 bits per heavy atom. The highest BCUT2D eigenvalue weighted by Crippen LogP contribution is 2.36. The second kappa shape index (κ2) is 9.63. The van der Waals surface area contributed by atoms with Crippen LogP contribution in [0, 0.1) is 0 Å². The number of carbonyl (C=O) groups excluding carboxylic acids is 1. The molecule has 0 saturated carbocycles. The van der Waals surface area contributed by atoms with Crippen molar-refractivity contribution in [1.82, 2.24) is 0 Å². The largest absolute Gasteiger partial charge is 0.494 e. The van der Waals surface area contributed by atoms with E-state index >= 15 is 0 Å². The fourth-order valence-electron chi connectivity index (χ4n) is 4.13. The molecule has 5 rings (SSSR count). The first-order chi connectivity index (χ1) is 16.7. The zero-order chi connectivity index (χ0) is 23.3. The molecule has 1 aliphatic heterocycles. The number of hydrogen-bond donors (Lipinski definition) is 0. The molecule has 4 aromatic carbocycles. The third-order valence-corrected chi connectivity index (χ3v) is 5.80. The van der Waals surface area contributed by atoms with E-state index in [0.29, 0.717) is 12.2 Å². The fourth-order valence-corrected chi connectivity index (χ4v) is 4.13. The molecule has 1 aliphatic rings. The van der Waals surface area contributed by atoms with Gasteiger partial charge in [0.25, 0.3) is 5.91 Å². The third kappa shape index (κ3) is 4.41. The molecular formula is C31H25NO2. The molecule has 4 aromatic rings. The maximum absolute atomic E-state index is 13.6. The number of ether oxygens (including phenoxy) is 1. The molecule has 0 bridgehead atoms. The van der Waals surface area contributed by atoms with Crippen LogP contribution in [0.4, 0.5) is 5.69 Å². The standard InChI is InChI=1S/C31H25NO2/c1-2-34-29-19-13-23(14-20-29)21-27-22-30(26-11-7-4-8-12-26)32(31(27)33)28-17-15-25(16-18-28)24-9-5-3-6-10-24/h3-22H,2H2,1H3/b27-21+. The van der Waals surface area contributed by atoms with Gasteiger partial charge in [-0.2, -0.15) is 0 Å². The Morgan fingerprint density at radius 1 is 0.706 bits per heavy atom. The van der Waals surface area contributed by atoms with Crippen molar-refractivity contribution < 1.29 is 9.53 Å². The van der Waals surface area contributed by atoms with Gasteiger partial charge in [0.05, 0.1) is 12.3 Å². The summed E-state index contributed by atoms with van der Waals surface area (Å²) in [6, 6.07) is 36.2. The summed E-state index contributed by atoms with van der Waals surface area (Å²) >= 11 is 0. The second-order valence-corrected chi connectivity index (χ2v) is 8.05. The lowest BCUT2D eigenvalue weighted by molar-refractivity contribution is -0.113. The lowest BCUT2D eigenvalue weighted by Crippen LogP contribution is -2.24. The van der Waals surface area contributed by atoms with Crippen LogP contribution in [0.25, 0.3) is 22.9 Å². The molecule has 0 N–H and O–H groups in total. The summed E-state index contributed by atoms with van der Waals surface area (Å²) in [5.41, 5.74) is 6.58. The minimum Gasteiger partial charge on any atom is -0.494 e. The molecule has 0 unspecified atom stereocenters. The Bertz CT molecular complexity index is 1340. The van der Waals surface area contributed by atoms with Gasteiger partial charge in [-0.05, 0) is 65.6 Å². The molecule has 3 nitrogen and oxygen atoms in total. The molecule has 0 spiro atoms. The average molecular weight is 444 g/mol. The van der Waals surface area contributed by atoms with E-state index in [-0.39, 0.29) is 5.91 Å². The molecule has 0 aliphatic carbocycles. The minimum atomic E-state index is -0.0415. The Morgan fingerprint density at radius 3 is 1.91 bits per heavy atom. The van der Waals surface area contributed by atoms with Crippen LogP contribution in [0.5, 0.6) is 5.75 Å². The highest BCUT2D eigenvalue weighted by Gasteiger charge is 2.30. The Kier molecular flexibility index (Phi) is 6.09. The lowest BCUT2D eigenvalue weighted by Gasteiger charge is -2.21. The van der Waals surface area contributed by atoms with E-state index in [1.807, 2.05) is 104 Å². The summed E-state index contributed by atoms with van der Waals surface area (Å²) in [6.45, 7) is 2.59. The molecule has 0 radical (unpaired) electrons. The van der Waals surface area contributed by atoms with Gasteiger partial charge in [-0.3, -0.25) is 9.69 Å². The van der Waals surface area contributed by atoms with Gasteiger partial charge in [0, 0.05) is 11.3 Å². The maximum Gasteiger partial charge on any atom is 0.262 e. The van der Waals surface area contributed by atoms with E-state index in [1.54, 1.807) is 4.90 Å². The predicted molar refractivity (Wildman–Crippen MR) is 139 cm³/mol. The van der Waals surface area contributed by atoms with Crippen molar-refractivity contribution in [2.24, 2.45) is 0 Å². The monoisotopic (exact) mass is 443 g/mol. The normalized spacial score (nSPS) is 14.4. The van der Waals surface area contributed by atoms with Gasteiger partial charge in [0.1, 0.15) is 5.75 Å². The van der Waals surface area contributed by atoms with Crippen LogP contribution in [0.1, 0.15) is 18.1 Å². The third-order valence-electron chi connectivity index (χ3n) is 5.80. The van der Waals surface area contributed by atoms with Gasteiger partial charge in [0.2, 0.25) is 0 Å². The Balaban J connectivity index is 1.51. The molecule has 166 valence electrons. The molecule has 3 heteroatoms. The number of anilines is 1. The van der Waals surface area contributed by atoms with Crippen LogP contribution < -0.4 is 9.64 Å². The molecule has 1 amide bonds. The first kappa shape index (κ1) is 21.5. The van der Waals surface area contributed by atoms with Crippen molar-refractivity contribution in [2.45, 2.75) is 6.92 Å². The minimum absolute atomic E-state index is 0.0415. The van der Waals surface area contributed by atoms with Gasteiger partial charge in [-0.25, -0.2) is 0 Å². The van der Waals surface area contributed by atoms with Crippen molar-refractivity contribution in [1.29, 1.82) is 0 Å². The molecule has 1 heterocycles. The molecule has 0 saturated heterocycles. The van der Waals surface area contributed by atoms with E-state index in [2.05, 4.69) is 24.3 Å². The number of rotatable bonds is 6. The average Bonchev–Trinajstić information content (AvgIpc) is 3.22. The van der Waals surface area contributed by atoms with E-state index in [0.717, 1.165) is 39.4 Å². The van der Waals surface area contributed by atoms with Crippen LogP contribution in [0.15, 0.2) is 121 Å². The fraction of sp³-hybridized carbons (Fsp3) is 0.0645. The predicted octanol–water partition coefficient (Wildman–Crippen LogP) is 7.22. The lowest BCUT2D eigenvalue weighted by atomic mass is 10.0. The van der Waals surface area contributed by atoms with Crippen LogP contribution in [-0.4, -0.2) is 12.5 Å². The van der Waals surface area contributed by atoms with Crippen molar-refractivity contribution in [3.8, 4) is 16.9 Å². The molecular weight excluding hydrogens is 418 g/mol. The van der Waals surface area contributed by atoms with E-state index in [1.165, 1.54) is 0 Å². The van der Waals surface area contributed by atoms with E-state index in [9.17, 15) is 4.79 Å². The van der Waals surface area contributed by atoms with Crippen molar-refractivity contribution in [3.63, 3.8) is 0 Å². The zero-order valence-electron chi connectivity index (χ0n) is 19.0. The highest BCUT2D eigenvalue weighted by molar-refractivity contribution is 6.23. The molecule has 0 aromatic heterocycles. The van der Waals surface area contributed by atoms with Crippen LogP contribution in [-0.2, 0) is 4.79 Å². The molecule has 0 fully saturated rings. The number of amides is 1. The summed E-state index contributed by atoms with van der Waals surface area (Å²) in [4.78, 5) is 15.4. The number of carbonyl (C=O) groups is 1. The van der Waals surface area contributed by atoms with Crippen LogP contribution in [0.3, 0.4) is 0 Å². The summed E-state index contributed by atoms with van der Waals surface area (Å²) in [6.07, 6.45) is 3.90. The van der Waals surface area contributed by atoms with Gasteiger partial charge in [-0.15, -0.1) is 0 Å². The number of hydrogen-bond acceptors (Lipinski definition) is 2. The van der Waals surface area contributed by atoms with E-state index < -0.39 is 0 Å². The molecule has 0 atom stereocenters. The van der Waals surface area contributed by atoms with Gasteiger partial charge >= 0.3 is 0 Å². The van der Waals surface area contributed by atoms with Crippen LogP contribution >= 0.6 is 0 Å². The van der Waals surface area contributed by atoms with E-state index in [4.69, 9.17) is 4.74 Å². The maximum atomic E-state index is 13.6. The summed E-state index contributed by atoms with van der Waals surface area (Å²) < 4.78 is 5.54. The zero-order valence-corrected chi connectivity index (χ0v) is 19.0. The van der Waals surface area contributed by atoms with Gasteiger partial charge in [-0.1, -0.05) is 84.9 Å². The Labute approximate surface area is 200 Å². The van der Waals surface area contributed by atoms with Crippen molar-refractivity contribution >= 4 is 23.4 Å². The topological polar surface area (TPSA) is 29.5 Å². The van der Waals surface area contributed by atoms with Crippen molar-refractivity contribution in [3.05, 3.63) is 132 Å². The smallest absolute Gasteiger partial charge is 0.262 e. The number of benzene rings is 4. The first-order valence-electron chi connectivity index (χ1n) is 11.4. The second-order valence-electron chi connectivity index (χ2n) is 8.05. The summed E-state index contributed by atoms with van der Waals surface area (Å²) in [5, 5.41) is 0.